The monoisotopic (exact) mass is 235 g/mol. The number of nitrogens with one attached hydrogen (secondary N) is 1. The van der Waals surface area contributed by atoms with Crippen molar-refractivity contribution in [3.05, 3.63) is 71.8 Å². The summed E-state index contributed by atoms with van der Waals surface area (Å²) in [6.45, 7) is 0.567. The highest BCUT2D eigenvalue weighted by molar-refractivity contribution is 6.12. The van der Waals surface area contributed by atoms with Gasteiger partial charge in [-0.25, -0.2) is 9.98 Å². The molecule has 1 aliphatic rings. The average Bonchev–Trinajstić information content (AvgIpc) is 2.49. The lowest BCUT2D eigenvalue weighted by Gasteiger charge is -2.14. The molecule has 1 N–H and O–H groups in total. The van der Waals surface area contributed by atoms with Crippen LogP contribution in [0, 0.1) is 0 Å². The number of hydrogen-bond acceptors (Lipinski definition) is 3. The van der Waals surface area contributed by atoms with E-state index >= 15 is 0 Å². The van der Waals surface area contributed by atoms with Crippen molar-refractivity contribution >= 4 is 11.7 Å². The molecule has 1 aliphatic heterocycles. The van der Waals surface area contributed by atoms with Crippen LogP contribution < -0.4 is 5.32 Å². The van der Waals surface area contributed by atoms with Crippen LogP contribution in [0.5, 0.6) is 0 Å². The van der Waals surface area contributed by atoms with Gasteiger partial charge >= 0.3 is 0 Å². The summed E-state index contributed by atoms with van der Waals surface area (Å²) in [5, 5.41) is 3.20. The molecule has 3 rings (SSSR count). The fourth-order valence-electron chi connectivity index (χ4n) is 1.88. The molecule has 0 atom stereocenters. The van der Waals surface area contributed by atoms with Crippen molar-refractivity contribution in [2.75, 3.05) is 6.67 Å². The minimum atomic E-state index is 0.567. The summed E-state index contributed by atoms with van der Waals surface area (Å²) in [5.74, 6) is 1.66. The minimum Gasteiger partial charge on any atom is -0.350 e. The van der Waals surface area contributed by atoms with E-state index in [2.05, 4.69) is 15.3 Å². The van der Waals surface area contributed by atoms with Crippen LogP contribution in [-0.4, -0.2) is 18.3 Å². The zero-order chi connectivity index (χ0) is 12.2. The normalized spacial score (nSPS) is 14.4. The lowest BCUT2D eigenvalue weighted by atomic mass is 10.1. The Hall–Kier alpha value is -2.42. The average molecular weight is 235 g/mol. The SMILES string of the molecule is c1ccc(C2=NCNC(c3ccccc3)=N2)cc1. The lowest BCUT2D eigenvalue weighted by molar-refractivity contribution is 0.907. The Labute approximate surface area is 106 Å². The second-order valence-electron chi connectivity index (χ2n) is 4.01. The molecule has 0 saturated heterocycles. The molecule has 0 saturated carbocycles. The molecule has 1 heterocycles. The van der Waals surface area contributed by atoms with Crippen LogP contribution in [0.15, 0.2) is 70.6 Å². The Morgan fingerprint density at radius 1 is 0.778 bits per heavy atom. The summed E-state index contributed by atoms with van der Waals surface area (Å²) in [5.41, 5.74) is 2.13. The number of amidine groups is 2. The molecule has 3 nitrogen and oxygen atoms in total. The Morgan fingerprint density at radius 2 is 1.39 bits per heavy atom. The molecule has 2 aromatic carbocycles. The largest absolute Gasteiger partial charge is 0.350 e. The van der Waals surface area contributed by atoms with Crippen LogP contribution in [0.25, 0.3) is 0 Å². The fourth-order valence-corrected chi connectivity index (χ4v) is 1.88. The van der Waals surface area contributed by atoms with Crippen molar-refractivity contribution in [1.82, 2.24) is 5.32 Å². The van der Waals surface area contributed by atoms with E-state index in [9.17, 15) is 0 Å². The number of aliphatic imine (C=N–C) groups is 2. The van der Waals surface area contributed by atoms with Gasteiger partial charge in [-0.1, -0.05) is 60.7 Å². The first kappa shape index (κ1) is 10.7. The lowest BCUT2D eigenvalue weighted by Crippen LogP contribution is -2.30. The third-order valence-corrected chi connectivity index (χ3v) is 2.77. The summed E-state index contributed by atoms with van der Waals surface area (Å²) in [6.07, 6.45) is 0. The zero-order valence-electron chi connectivity index (χ0n) is 9.88. The fraction of sp³-hybridized carbons (Fsp3) is 0.0667. The van der Waals surface area contributed by atoms with Crippen molar-refractivity contribution in [1.29, 1.82) is 0 Å². The molecule has 0 spiro atoms. The Morgan fingerprint density at radius 3 is 2.06 bits per heavy atom. The van der Waals surface area contributed by atoms with Crippen LogP contribution >= 0.6 is 0 Å². The van der Waals surface area contributed by atoms with Crippen molar-refractivity contribution in [3.63, 3.8) is 0 Å². The van der Waals surface area contributed by atoms with Gasteiger partial charge in [0.05, 0.1) is 0 Å². The van der Waals surface area contributed by atoms with E-state index in [1.54, 1.807) is 0 Å². The van der Waals surface area contributed by atoms with Gasteiger partial charge in [-0.15, -0.1) is 0 Å². The highest BCUT2D eigenvalue weighted by Gasteiger charge is 2.10. The maximum atomic E-state index is 4.58. The van der Waals surface area contributed by atoms with E-state index in [1.165, 1.54) is 0 Å². The van der Waals surface area contributed by atoms with Gasteiger partial charge in [0.1, 0.15) is 12.5 Å². The highest BCUT2D eigenvalue weighted by Crippen LogP contribution is 2.08. The zero-order valence-corrected chi connectivity index (χ0v) is 9.88. The molecule has 0 aliphatic carbocycles. The summed E-state index contributed by atoms with van der Waals surface area (Å²) in [6, 6.07) is 20.1. The third kappa shape index (κ3) is 2.15. The van der Waals surface area contributed by atoms with Gasteiger partial charge in [-0.2, -0.15) is 0 Å². The predicted octanol–water partition coefficient (Wildman–Crippen LogP) is 2.44. The number of rotatable bonds is 2. The summed E-state index contributed by atoms with van der Waals surface area (Å²) < 4.78 is 0. The molecule has 0 fully saturated rings. The standard InChI is InChI=1S/C15H13N3/c1-3-7-12(8-4-1)14-16-11-17-15(18-14)13-9-5-2-6-10-13/h1-10H,11H2,(H,16,17,18). The Bertz CT molecular complexity index is 586. The summed E-state index contributed by atoms with van der Waals surface area (Å²) in [4.78, 5) is 8.97. The first-order valence-corrected chi connectivity index (χ1v) is 5.91. The van der Waals surface area contributed by atoms with Crippen LogP contribution in [0.4, 0.5) is 0 Å². The molecule has 18 heavy (non-hydrogen) atoms. The molecule has 0 bridgehead atoms. The van der Waals surface area contributed by atoms with Gasteiger partial charge in [0.15, 0.2) is 5.84 Å². The minimum absolute atomic E-state index is 0.567. The predicted molar refractivity (Wildman–Crippen MR) is 74.0 cm³/mol. The van der Waals surface area contributed by atoms with Crippen molar-refractivity contribution in [2.24, 2.45) is 9.98 Å². The number of benzene rings is 2. The molecular formula is C15H13N3. The molecule has 2 aromatic rings. The first-order valence-electron chi connectivity index (χ1n) is 5.91. The van der Waals surface area contributed by atoms with Gasteiger partial charge < -0.3 is 5.32 Å². The van der Waals surface area contributed by atoms with Crippen molar-refractivity contribution < 1.29 is 0 Å². The van der Waals surface area contributed by atoms with E-state index in [-0.39, 0.29) is 0 Å². The van der Waals surface area contributed by atoms with Crippen LogP contribution in [-0.2, 0) is 0 Å². The van der Waals surface area contributed by atoms with Gasteiger partial charge in [0, 0.05) is 11.1 Å². The van der Waals surface area contributed by atoms with Crippen molar-refractivity contribution in [2.45, 2.75) is 0 Å². The number of nitrogens with zero attached hydrogens (tertiary/aromatic N) is 2. The van der Waals surface area contributed by atoms with E-state index in [1.807, 2.05) is 60.7 Å². The third-order valence-electron chi connectivity index (χ3n) is 2.77. The van der Waals surface area contributed by atoms with Crippen LogP contribution in [0.1, 0.15) is 11.1 Å². The van der Waals surface area contributed by atoms with Crippen molar-refractivity contribution in [3.8, 4) is 0 Å². The maximum absolute atomic E-state index is 4.58. The molecule has 88 valence electrons. The van der Waals surface area contributed by atoms with Gasteiger partial charge in [0.25, 0.3) is 0 Å². The van der Waals surface area contributed by atoms with E-state index in [0.717, 1.165) is 22.8 Å². The second kappa shape index (κ2) is 4.84. The molecular weight excluding hydrogens is 222 g/mol. The summed E-state index contributed by atoms with van der Waals surface area (Å²) in [7, 11) is 0. The van der Waals surface area contributed by atoms with E-state index in [0.29, 0.717) is 6.67 Å². The molecule has 0 unspecified atom stereocenters. The van der Waals surface area contributed by atoms with Gasteiger partial charge in [-0.3, -0.25) is 0 Å². The van der Waals surface area contributed by atoms with Gasteiger partial charge in [0.2, 0.25) is 0 Å². The smallest absolute Gasteiger partial charge is 0.158 e. The highest BCUT2D eigenvalue weighted by atomic mass is 15.2. The van der Waals surface area contributed by atoms with E-state index in [4.69, 9.17) is 0 Å². The molecule has 3 heteroatoms. The summed E-state index contributed by atoms with van der Waals surface area (Å²) >= 11 is 0. The Kier molecular flexibility index (Phi) is 2.88. The van der Waals surface area contributed by atoms with E-state index < -0.39 is 0 Å². The Balaban J connectivity index is 1.95. The second-order valence-corrected chi connectivity index (χ2v) is 4.01. The topological polar surface area (TPSA) is 36.8 Å². The maximum Gasteiger partial charge on any atom is 0.158 e. The molecule has 0 amide bonds. The van der Waals surface area contributed by atoms with Crippen LogP contribution in [0.3, 0.4) is 0 Å². The number of hydrogen-bond donors (Lipinski definition) is 1. The molecule has 0 aromatic heterocycles. The quantitative estimate of drug-likeness (QED) is 0.852. The molecule has 0 radical (unpaired) electrons. The first-order chi connectivity index (χ1) is 8.93. The van der Waals surface area contributed by atoms with Gasteiger partial charge in [-0.05, 0) is 0 Å². The van der Waals surface area contributed by atoms with Crippen LogP contribution in [0.2, 0.25) is 0 Å².